The first-order valence-electron chi connectivity index (χ1n) is 8.34. The highest BCUT2D eigenvalue weighted by atomic mass is 32.2. The van der Waals surface area contributed by atoms with E-state index in [0.717, 1.165) is 30.3 Å². The molecule has 1 amide bonds. The zero-order chi connectivity index (χ0) is 17.7. The molecule has 24 heavy (non-hydrogen) atoms. The van der Waals surface area contributed by atoms with Crippen molar-refractivity contribution in [1.82, 2.24) is 14.2 Å². The Hall–Kier alpha value is -1.67. The lowest BCUT2D eigenvalue weighted by atomic mass is 10.2. The van der Waals surface area contributed by atoms with Gasteiger partial charge in [0.25, 0.3) is 5.56 Å². The summed E-state index contributed by atoms with van der Waals surface area (Å²) in [4.78, 5) is 24.0. The number of rotatable bonds is 6. The van der Waals surface area contributed by atoms with Gasteiger partial charge in [0, 0.05) is 31.4 Å². The summed E-state index contributed by atoms with van der Waals surface area (Å²) in [5.74, 6) is -0.307. The van der Waals surface area contributed by atoms with Crippen LogP contribution in [-0.2, 0) is 21.4 Å². The number of carbonyl (C=O) groups excluding carboxylic acids is 1. The minimum atomic E-state index is -3.62. The second-order valence-corrected chi connectivity index (χ2v) is 8.11. The van der Waals surface area contributed by atoms with Crippen molar-refractivity contribution in [3.05, 3.63) is 28.7 Å². The normalized spacial score (nSPS) is 17.4. The van der Waals surface area contributed by atoms with Gasteiger partial charge in [-0.15, -0.1) is 0 Å². The topological polar surface area (TPSA) is 88.5 Å². The molecule has 0 aliphatic carbocycles. The van der Waals surface area contributed by atoms with Crippen LogP contribution < -0.4 is 10.9 Å². The fourth-order valence-electron chi connectivity index (χ4n) is 2.62. The molecule has 7 nitrogen and oxygen atoms in total. The maximum absolute atomic E-state index is 12.7. The Balaban J connectivity index is 2.21. The number of hydrogen-bond donors (Lipinski definition) is 1. The number of carbonyl (C=O) groups is 1. The number of nitrogens with zero attached hydrogens (tertiary/aromatic N) is 2. The summed E-state index contributed by atoms with van der Waals surface area (Å²) in [6.45, 7) is 4.62. The molecule has 0 saturated carbocycles. The predicted octanol–water partition coefficient (Wildman–Crippen LogP) is 0.938. The van der Waals surface area contributed by atoms with E-state index in [9.17, 15) is 18.0 Å². The van der Waals surface area contributed by atoms with E-state index in [4.69, 9.17) is 0 Å². The average Bonchev–Trinajstić information content (AvgIpc) is 2.57. The lowest BCUT2D eigenvalue weighted by Gasteiger charge is -2.26. The molecule has 0 unspecified atom stereocenters. The number of hydrogen-bond acceptors (Lipinski definition) is 4. The third kappa shape index (κ3) is 4.45. The van der Waals surface area contributed by atoms with Crippen molar-refractivity contribution in [2.75, 3.05) is 13.1 Å². The van der Waals surface area contributed by atoms with Crippen LogP contribution in [0.2, 0.25) is 0 Å². The van der Waals surface area contributed by atoms with Crippen LogP contribution in [-0.4, -0.2) is 42.3 Å². The molecule has 0 bridgehead atoms. The lowest BCUT2D eigenvalue weighted by molar-refractivity contribution is -0.122. The first kappa shape index (κ1) is 18.7. The van der Waals surface area contributed by atoms with Gasteiger partial charge in [-0.1, -0.05) is 13.3 Å². The standard InChI is InChI=1S/C16H25N3O4S/c1-3-13(2)17-15(20)12-18-11-14(7-8-16(18)21)24(22,23)19-9-5-4-6-10-19/h7-8,11,13H,3-6,9-10,12H2,1-2H3,(H,17,20)/t13-/m1/s1. The number of nitrogens with one attached hydrogen (secondary N) is 1. The van der Waals surface area contributed by atoms with Gasteiger partial charge in [-0.3, -0.25) is 9.59 Å². The smallest absolute Gasteiger partial charge is 0.251 e. The van der Waals surface area contributed by atoms with Crippen molar-refractivity contribution in [2.45, 2.75) is 57.0 Å². The minimum absolute atomic E-state index is 0.00784. The second-order valence-electron chi connectivity index (χ2n) is 6.17. The minimum Gasteiger partial charge on any atom is -0.352 e. The van der Waals surface area contributed by atoms with Gasteiger partial charge in [0.2, 0.25) is 15.9 Å². The number of sulfonamides is 1. The Kier molecular flexibility index (Phi) is 6.17. The summed E-state index contributed by atoms with van der Waals surface area (Å²) < 4.78 is 27.9. The molecule has 0 aromatic carbocycles. The summed E-state index contributed by atoms with van der Waals surface area (Å²) in [5.41, 5.74) is -0.396. The Morgan fingerprint density at radius 1 is 1.25 bits per heavy atom. The van der Waals surface area contributed by atoms with Gasteiger partial charge < -0.3 is 9.88 Å². The molecule has 0 spiro atoms. The quantitative estimate of drug-likeness (QED) is 0.822. The van der Waals surface area contributed by atoms with Crippen molar-refractivity contribution in [2.24, 2.45) is 0 Å². The Morgan fingerprint density at radius 2 is 1.92 bits per heavy atom. The fraction of sp³-hybridized carbons (Fsp3) is 0.625. The molecule has 1 aromatic heterocycles. The van der Waals surface area contributed by atoms with Crippen LogP contribution in [0.15, 0.2) is 28.0 Å². The van der Waals surface area contributed by atoms with Crippen LogP contribution in [0.5, 0.6) is 0 Å². The van der Waals surface area contributed by atoms with Gasteiger partial charge in [-0.05, 0) is 32.3 Å². The van der Waals surface area contributed by atoms with Crippen LogP contribution in [0.4, 0.5) is 0 Å². The maximum atomic E-state index is 12.7. The van der Waals surface area contributed by atoms with Gasteiger partial charge >= 0.3 is 0 Å². The largest absolute Gasteiger partial charge is 0.352 e. The van der Waals surface area contributed by atoms with Gasteiger partial charge in [0.15, 0.2) is 0 Å². The van der Waals surface area contributed by atoms with Crippen LogP contribution >= 0.6 is 0 Å². The summed E-state index contributed by atoms with van der Waals surface area (Å²) in [7, 11) is -3.62. The summed E-state index contributed by atoms with van der Waals surface area (Å²) >= 11 is 0. The zero-order valence-corrected chi connectivity index (χ0v) is 15.0. The highest BCUT2D eigenvalue weighted by Crippen LogP contribution is 2.19. The summed E-state index contributed by atoms with van der Waals surface area (Å²) in [6, 6.07) is 2.52. The molecule has 2 heterocycles. The van der Waals surface area contributed by atoms with E-state index < -0.39 is 15.6 Å². The highest BCUT2D eigenvalue weighted by Gasteiger charge is 2.26. The molecule has 1 N–H and O–H groups in total. The van der Waals surface area contributed by atoms with E-state index in [1.807, 2.05) is 13.8 Å². The number of pyridine rings is 1. The predicted molar refractivity (Wildman–Crippen MR) is 91.2 cm³/mol. The monoisotopic (exact) mass is 355 g/mol. The van der Waals surface area contributed by atoms with E-state index in [0.29, 0.717) is 13.1 Å². The first-order chi connectivity index (χ1) is 11.3. The number of aromatic nitrogens is 1. The number of piperidine rings is 1. The molecule has 1 saturated heterocycles. The van der Waals surface area contributed by atoms with E-state index in [1.165, 1.54) is 22.6 Å². The SMILES string of the molecule is CC[C@@H](C)NC(=O)Cn1cc(S(=O)(=O)N2CCCCC2)ccc1=O. The summed E-state index contributed by atoms with van der Waals surface area (Å²) in [6.07, 6.45) is 4.76. The van der Waals surface area contributed by atoms with Gasteiger partial charge in [0.1, 0.15) is 6.54 Å². The van der Waals surface area contributed by atoms with Crippen LogP contribution in [0.3, 0.4) is 0 Å². The molecule has 134 valence electrons. The molecule has 0 radical (unpaired) electrons. The first-order valence-corrected chi connectivity index (χ1v) is 9.78. The van der Waals surface area contributed by atoms with Gasteiger partial charge in [0.05, 0.1) is 4.90 Å². The van der Waals surface area contributed by atoms with E-state index in [1.54, 1.807) is 0 Å². The molecule has 8 heteroatoms. The van der Waals surface area contributed by atoms with Crippen molar-refractivity contribution in [3.63, 3.8) is 0 Å². The van der Waals surface area contributed by atoms with Crippen molar-refractivity contribution in [1.29, 1.82) is 0 Å². The lowest BCUT2D eigenvalue weighted by Crippen LogP contribution is -2.38. The molecule has 1 fully saturated rings. The Morgan fingerprint density at radius 3 is 2.54 bits per heavy atom. The molecule has 1 aromatic rings. The van der Waals surface area contributed by atoms with Crippen molar-refractivity contribution >= 4 is 15.9 Å². The Bertz CT molecular complexity index is 736. The molecular weight excluding hydrogens is 330 g/mol. The fourth-order valence-corrected chi connectivity index (χ4v) is 4.15. The maximum Gasteiger partial charge on any atom is 0.251 e. The van der Waals surface area contributed by atoms with Crippen LogP contribution in [0.25, 0.3) is 0 Å². The van der Waals surface area contributed by atoms with Crippen LogP contribution in [0, 0.1) is 0 Å². The molecule has 2 rings (SSSR count). The molecule has 1 aliphatic rings. The summed E-state index contributed by atoms with van der Waals surface area (Å²) in [5, 5.41) is 2.77. The number of amides is 1. The zero-order valence-electron chi connectivity index (χ0n) is 14.2. The van der Waals surface area contributed by atoms with Crippen LogP contribution in [0.1, 0.15) is 39.5 Å². The second kappa shape index (κ2) is 7.94. The highest BCUT2D eigenvalue weighted by molar-refractivity contribution is 7.89. The Labute approximate surface area is 142 Å². The van der Waals surface area contributed by atoms with Crippen molar-refractivity contribution < 1.29 is 13.2 Å². The van der Waals surface area contributed by atoms with Gasteiger partial charge in [-0.2, -0.15) is 4.31 Å². The van der Waals surface area contributed by atoms with Crippen molar-refractivity contribution in [3.8, 4) is 0 Å². The molecular formula is C16H25N3O4S. The van der Waals surface area contributed by atoms with Gasteiger partial charge in [-0.25, -0.2) is 8.42 Å². The van der Waals surface area contributed by atoms with E-state index >= 15 is 0 Å². The third-order valence-corrected chi connectivity index (χ3v) is 6.13. The van der Waals surface area contributed by atoms with E-state index in [-0.39, 0.29) is 23.4 Å². The third-order valence-electron chi connectivity index (χ3n) is 4.24. The molecule has 1 aliphatic heterocycles. The van der Waals surface area contributed by atoms with E-state index in [2.05, 4.69) is 5.32 Å². The molecule has 1 atom stereocenters. The average molecular weight is 355 g/mol.